The number of nitrogens with zero attached hydrogens (tertiary/aromatic N) is 1. The van der Waals surface area contributed by atoms with E-state index in [0.29, 0.717) is 24.6 Å². The number of likely N-dealkylation sites (tertiary alicyclic amines) is 1. The van der Waals surface area contributed by atoms with Gasteiger partial charge in [-0.2, -0.15) is 0 Å². The zero-order chi connectivity index (χ0) is 23.6. The van der Waals surface area contributed by atoms with Gasteiger partial charge in [0.2, 0.25) is 5.91 Å². The van der Waals surface area contributed by atoms with Gasteiger partial charge >= 0.3 is 0 Å². The third-order valence-corrected chi connectivity index (χ3v) is 7.42. The number of aliphatic hydroxyl groups is 1. The van der Waals surface area contributed by atoms with Crippen molar-refractivity contribution in [2.45, 2.75) is 63.5 Å². The molecule has 5 nitrogen and oxygen atoms in total. The number of aromatic hydroxyl groups is 1. The van der Waals surface area contributed by atoms with E-state index in [1.165, 1.54) is 12.7 Å². The highest BCUT2D eigenvalue weighted by atomic mass is 16.5. The van der Waals surface area contributed by atoms with Crippen LogP contribution in [-0.4, -0.2) is 40.3 Å². The number of carbonyl (C=O) groups excluding carboxylic acids is 1. The van der Waals surface area contributed by atoms with Crippen LogP contribution in [0.15, 0.2) is 48.5 Å². The lowest BCUT2D eigenvalue weighted by atomic mass is 9.66. The molecule has 0 radical (unpaired) electrons. The molecule has 1 amide bonds. The third kappa shape index (κ3) is 4.79. The molecule has 1 saturated carbocycles. The quantitative estimate of drug-likeness (QED) is 0.597. The zero-order valence-electron chi connectivity index (χ0n) is 19.8. The van der Waals surface area contributed by atoms with Gasteiger partial charge in [-0.1, -0.05) is 57.0 Å². The predicted octanol–water partition coefficient (Wildman–Crippen LogP) is 5.43. The lowest BCUT2D eigenvalue weighted by molar-refractivity contribution is -0.150. The summed E-state index contributed by atoms with van der Waals surface area (Å²) < 4.78 is 5.34. The van der Waals surface area contributed by atoms with Gasteiger partial charge in [-0.25, -0.2) is 0 Å². The molecule has 176 valence electrons. The fourth-order valence-electron chi connectivity index (χ4n) is 5.47. The first-order chi connectivity index (χ1) is 15.8. The molecule has 4 rings (SSSR count). The number of ether oxygens (including phenoxy) is 1. The summed E-state index contributed by atoms with van der Waals surface area (Å²) >= 11 is 0. The van der Waals surface area contributed by atoms with Crippen LogP contribution in [0.5, 0.6) is 11.5 Å². The van der Waals surface area contributed by atoms with Crippen LogP contribution in [0.1, 0.15) is 74.6 Å². The van der Waals surface area contributed by atoms with E-state index < -0.39 is 5.60 Å². The number of piperidine rings is 1. The Kier molecular flexibility index (Phi) is 6.80. The van der Waals surface area contributed by atoms with E-state index in [-0.39, 0.29) is 23.6 Å². The summed E-state index contributed by atoms with van der Waals surface area (Å²) in [5.74, 6) is 0.809. The number of carbonyl (C=O) groups is 1. The van der Waals surface area contributed by atoms with Crippen molar-refractivity contribution in [3.63, 3.8) is 0 Å². The second kappa shape index (κ2) is 9.60. The summed E-state index contributed by atoms with van der Waals surface area (Å²) in [5, 5.41) is 21.5. The number of phenols is 1. The Hall–Kier alpha value is -2.79. The Morgan fingerprint density at radius 1 is 1.15 bits per heavy atom. The Morgan fingerprint density at radius 2 is 1.91 bits per heavy atom. The van der Waals surface area contributed by atoms with Crippen molar-refractivity contribution < 1.29 is 19.7 Å². The van der Waals surface area contributed by atoms with Crippen LogP contribution < -0.4 is 4.74 Å². The lowest BCUT2D eigenvalue weighted by Crippen LogP contribution is -2.56. The van der Waals surface area contributed by atoms with E-state index >= 15 is 0 Å². The molecule has 2 aliphatic rings. The van der Waals surface area contributed by atoms with Crippen LogP contribution in [0.2, 0.25) is 0 Å². The fraction of sp³-hybridized carbons (Fsp3) is 0.464. The number of fused-ring (bicyclic) bond motifs is 1. The molecular formula is C28H35NO4. The highest BCUT2D eigenvalue weighted by Crippen LogP contribution is 2.50. The van der Waals surface area contributed by atoms with Gasteiger partial charge in [0, 0.05) is 18.5 Å². The molecule has 1 aliphatic heterocycles. The lowest BCUT2D eigenvalue weighted by Gasteiger charge is -2.52. The normalized spacial score (nSPS) is 25.3. The molecule has 2 fully saturated rings. The largest absolute Gasteiger partial charge is 0.504 e. The highest BCUT2D eigenvalue weighted by Gasteiger charge is 2.50. The first-order valence-electron chi connectivity index (χ1n) is 12.0. The van der Waals surface area contributed by atoms with Crippen molar-refractivity contribution >= 4 is 12.0 Å². The molecule has 0 bridgehead atoms. The smallest absolute Gasteiger partial charge is 0.247 e. The van der Waals surface area contributed by atoms with Gasteiger partial charge in [-0.3, -0.25) is 4.79 Å². The monoisotopic (exact) mass is 449 g/mol. The molecular weight excluding hydrogens is 414 g/mol. The van der Waals surface area contributed by atoms with E-state index in [0.717, 1.165) is 36.8 Å². The Labute approximate surface area is 196 Å². The summed E-state index contributed by atoms with van der Waals surface area (Å²) in [4.78, 5) is 15.3. The van der Waals surface area contributed by atoms with Crippen molar-refractivity contribution in [2.24, 2.45) is 5.92 Å². The zero-order valence-corrected chi connectivity index (χ0v) is 19.8. The van der Waals surface area contributed by atoms with Crippen LogP contribution in [0, 0.1) is 5.92 Å². The number of phenolic OH excluding ortho intramolecular Hbond substituents is 1. The summed E-state index contributed by atoms with van der Waals surface area (Å²) in [6.07, 6.45) is 7.78. The van der Waals surface area contributed by atoms with Gasteiger partial charge < -0.3 is 19.8 Å². The first kappa shape index (κ1) is 23.4. The number of rotatable bonds is 5. The Bertz CT molecular complexity index is 1010. The fourth-order valence-corrected chi connectivity index (χ4v) is 5.47. The topological polar surface area (TPSA) is 70.0 Å². The number of hydrogen-bond acceptors (Lipinski definition) is 4. The minimum atomic E-state index is -0.763. The van der Waals surface area contributed by atoms with Crippen LogP contribution in [-0.2, 0) is 4.79 Å². The van der Waals surface area contributed by atoms with Crippen LogP contribution in [0.3, 0.4) is 0 Å². The van der Waals surface area contributed by atoms with E-state index in [9.17, 15) is 15.0 Å². The number of hydrogen-bond donors (Lipinski definition) is 2. The van der Waals surface area contributed by atoms with Crippen molar-refractivity contribution in [1.82, 2.24) is 4.90 Å². The Morgan fingerprint density at radius 3 is 2.61 bits per heavy atom. The number of methoxy groups -OCH3 is 1. The van der Waals surface area contributed by atoms with Gasteiger partial charge in [0.1, 0.15) is 0 Å². The SMILES string of the molecule is COc1cc(C2C3CCCCC3(O)CCN2C(=O)/C=C/c2ccc(C(C)C)cc2)ccc1O. The molecule has 1 aliphatic carbocycles. The molecule has 5 heteroatoms. The minimum Gasteiger partial charge on any atom is -0.504 e. The maximum absolute atomic E-state index is 13.4. The molecule has 1 heterocycles. The molecule has 2 aromatic carbocycles. The molecule has 3 atom stereocenters. The molecule has 0 aromatic heterocycles. The molecule has 2 N–H and O–H groups in total. The van der Waals surface area contributed by atoms with E-state index in [2.05, 4.69) is 26.0 Å². The van der Waals surface area contributed by atoms with E-state index in [1.807, 2.05) is 29.2 Å². The predicted molar refractivity (Wildman–Crippen MR) is 130 cm³/mol. The van der Waals surface area contributed by atoms with Crippen LogP contribution >= 0.6 is 0 Å². The number of benzene rings is 2. The molecule has 2 aromatic rings. The van der Waals surface area contributed by atoms with Gasteiger partial charge in [0.15, 0.2) is 11.5 Å². The van der Waals surface area contributed by atoms with Crippen LogP contribution in [0.25, 0.3) is 6.08 Å². The Balaban J connectivity index is 1.64. The van der Waals surface area contributed by atoms with Gasteiger partial charge in [0.25, 0.3) is 0 Å². The summed E-state index contributed by atoms with van der Waals surface area (Å²) in [5.41, 5.74) is 2.38. The van der Waals surface area contributed by atoms with Crippen molar-refractivity contribution in [1.29, 1.82) is 0 Å². The van der Waals surface area contributed by atoms with Crippen molar-refractivity contribution in [2.75, 3.05) is 13.7 Å². The molecule has 33 heavy (non-hydrogen) atoms. The second-order valence-electron chi connectivity index (χ2n) is 9.77. The minimum absolute atomic E-state index is 0.0445. The first-order valence-corrected chi connectivity index (χ1v) is 12.0. The van der Waals surface area contributed by atoms with E-state index in [1.54, 1.807) is 18.2 Å². The number of amides is 1. The van der Waals surface area contributed by atoms with Gasteiger partial charge in [-0.15, -0.1) is 0 Å². The molecule has 0 spiro atoms. The molecule has 1 saturated heterocycles. The summed E-state index contributed by atoms with van der Waals surface area (Å²) in [6, 6.07) is 13.3. The van der Waals surface area contributed by atoms with Crippen molar-refractivity contribution in [3.05, 3.63) is 65.2 Å². The third-order valence-electron chi connectivity index (χ3n) is 7.42. The van der Waals surface area contributed by atoms with Gasteiger partial charge in [0.05, 0.1) is 18.8 Å². The summed E-state index contributed by atoms with van der Waals surface area (Å²) in [6.45, 7) is 4.82. The maximum atomic E-state index is 13.4. The maximum Gasteiger partial charge on any atom is 0.247 e. The highest BCUT2D eigenvalue weighted by molar-refractivity contribution is 5.92. The standard InChI is InChI=1S/C28H35NO4/c1-19(2)21-10-7-20(8-11-21)9-14-26(31)29-17-16-28(32)15-5-4-6-23(28)27(29)22-12-13-24(30)25(18-22)33-3/h7-14,18-19,23,27,30,32H,4-6,15-17H2,1-3H3/b14-9+. The summed E-state index contributed by atoms with van der Waals surface area (Å²) in [7, 11) is 1.52. The average Bonchev–Trinajstić information content (AvgIpc) is 2.82. The van der Waals surface area contributed by atoms with Crippen molar-refractivity contribution in [3.8, 4) is 11.5 Å². The van der Waals surface area contributed by atoms with Crippen LogP contribution in [0.4, 0.5) is 0 Å². The molecule has 3 unspecified atom stereocenters. The van der Waals surface area contributed by atoms with E-state index in [4.69, 9.17) is 4.74 Å². The second-order valence-corrected chi connectivity index (χ2v) is 9.77. The van der Waals surface area contributed by atoms with Gasteiger partial charge in [-0.05, 0) is 60.1 Å². The average molecular weight is 450 g/mol.